The number of thiazole rings is 1. The second-order valence-electron chi connectivity index (χ2n) is 12.5. The topological polar surface area (TPSA) is 142 Å². The molecular weight excluding hydrogens is 687 g/mol. The minimum atomic E-state index is -4.65. The summed E-state index contributed by atoms with van der Waals surface area (Å²) < 4.78 is 51.9. The normalized spacial score (nSPS) is 17.8. The molecule has 2 unspecified atom stereocenters. The van der Waals surface area contributed by atoms with E-state index >= 15 is 0 Å². The maximum absolute atomic E-state index is 13.8. The summed E-state index contributed by atoms with van der Waals surface area (Å²) in [7, 11) is 0. The number of carbonyl (C=O) groups is 2. The Hall–Kier alpha value is -4.38. The quantitative estimate of drug-likeness (QED) is 0.179. The van der Waals surface area contributed by atoms with E-state index in [9.17, 15) is 27.6 Å². The lowest BCUT2D eigenvalue weighted by Gasteiger charge is -2.29. The Morgan fingerprint density at radius 2 is 1.92 bits per heavy atom. The third-order valence-electron chi connectivity index (χ3n) is 9.25. The first-order valence-corrected chi connectivity index (χ1v) is 17.9. The minimum Gasteiger partial charge on any atom is -0.462 e. The molecular formula is C35H40F3N7O5S. The predicted molar refractivity (Wildman–Crippen MR) is 187 cm³/mol. The number of ether oxygens (including phenoxy) is 2. The number of benzene rings is 1. The van der Waals surface area contributed by atoms with E-state index < -0.39 is 35.2 Å². The molecule has 0 aliphatic carbocycles. The van der Waals surface area contributed by atoms with Gasteiger partial charge in [0, 0.05) is 79.4 Å². The van der Waals surface area contributed by atoms with Gasteiger partial charge in [-0.25, -0.2) is 19.6 Å². The molecule has 0 spiro atoms. The van der Waals surface area contributed by atoms with Crippen molar-refractivity contribution in [3.63, 3.8) is 0 Å². The van der Waals surface area contributed by atoms with Gasteiger partial charge in [0.05, 0.1) is 19.8 Å². The molecule has 1 aromatic carbocycles. The van der Waals surface area contributed by atoms with Crippen LogP contribution in [0, 0.1) is 5.92 Å². The summed E-state index contributed by atoms with van der Waals surface area (Å²) in [6.45, 7) is 10.3. The lowest BCUT2D eigenvalue weighted by atomic mass is 9.78. The van der Waals surface area contributed by atoms with E-state index in [1.54, 1.807) is 38.2 Å². The van der Waals surface area contributed by atoms with Crippen LogP contribution in [0.15, 0.2) is 46.8 Å². The molecule has 4 aromatic rings. The average Bonchev–Trinajstić information content (AvgIpc) is 3.80. The lowest BCUT2D eigenvalue weighted by Crippen LogP contribution is -2.41. The van der Waals surface area contributed by atoms with Gasteiger partial charge < -0.3 is 24.7 Å². The molecule has 2 atom stereocenters. The van der Waals surface area contributed by atoms with Gasteiger partial charge in [0.2, 0.25) is 5.43 Å². The first-order valence-electron chi connectivity index (χ1n) is 17.0. The number of H-pyrrole nitrogens is 1. The van der Waals surface area contributed by atoms with E-state index in [-0.39, 0.29) is 34.3 Å². The number of nitrogens with one attached hydrogen (secondary N) is 3. The van der Waals surface area contributed by atoms with Crippen LogP contribution in [0.2, 0.25) is 0 Å². The van der Waals surface area contributed by atoms with E-state index in [2.05, 4.69) is 35.4 Å². The Kier molecular flexibility index (Phi) is 11.3. The van der Waals surface area contributed by atoms with Gasteiger partial charge in [0.15, 0.2) is 5.69 Å². The van der Waals surface area contributed by atoms with E-state index in [4.69, 9.17) is 9.47 Å². The van der Waals surface area contributed by atoms with Crippen LogP contribution in [-0.4, -0.2) is 102 Å². The van der Waals surface area contributed by atoms with Crippen molar-refractivity contribution in [2.24, 2.45) is 5.92 Å². The summed E-state index contributed by atoms with van der Waals surface area (Å²) in [5.41, 5.74) is 0.617. The molecule has 2 aliphatic rings. The number of rotatable bonds is 11. The number of nitrogens with zero attached hydrogens (tertiary/aromatic N) is 4. The number of pyridine rings is 2. The van der Waals surface area contributed by atoms with Crippen molar-refractivity contribution in [1.82, 2.24) is 30.1 Å². The van der Waals surface area contributed by atoms with Crippen LogP contribution < -0.4 is 16.1 Å². The molecule has 51 heavy (non-hydrogen) atoms. The Bertz CT molecular complexity index is 1930. The van der Waals surface area contributed by atoms with Crippen molar-refractivity contribution in [3.05, 3.63) is 74.6 Å². The molecule has 16 heteroatoms. The van der Waals surface area contributed by atoms with Gasteiger partial charge in [-0.05, 0) is 62.1 Å². The van der Waals surface area contributed by atoms with Crippen LogP contribution in [0.4, 0.5) is 23.8 Å². The highest BCUT2D eigenvalue weighted by Gasteiger charge is 2.37. The third kappa shape index (κ3) is 8.41. The zero-order valence-electron chi connectivity index (χ0n) is 28.3. The average molecular weight is 728 g/mol. The number of amides is 2. The Morgan fingerprint density at radius 1 is 1.14 bits per heavy atom. The smallest absolute Gasteiger partial charge is 0.434 e. The number of urea groups is 1. The van der Waals surface area contributed by atoms with Crippen molar-refractivity contribution in [2.45, 2.75) is 32.4 Å². The van der Waals surface area contributed by atoms with Crippen LogP contribution in [0.3, 0.4) is 0 Å². The second-order valence-corrected chi connectivity index (χ2v) is 13.4. The van der Waals surface area contributed by atoms with Crippen LogP contribution in [-0.2, 0) is 15.7 Å². The Balaban J connectivity index is 1.45. The molecule has 2 fully saturated rings. The van der Waals surface area contributed by atoms with Gasteiger partial charge in [-0.1, -0.05) is 6.07 Å². The Labute approximate surface area is 296 Å². The number of aromatic nitrogens is 3. The number of likely N-dealkylation sites (tertiary alicyclic amines) is 1. The summed E-state index contributed by atoms with van der Waals surface area (Å²) in [6.07, 6.45) is -0.955. The molecule has 2 saturated heterocycles. The summed E-state index contributed by atoms with van der Waals surface area (Å²) in [5.74, 6) is -1.05. The van der Waals surface area contributed by atoms with Crippen LogP contribution in [0.25, 0.3) is 21.5 Å². The van der Waals surface area contributed by atoms with Crippen molar-refractivity contribution >= 4 is 40.1 Å². The minimum absolute atomic E-state index is 0.0238. The number of alkyl halides is 3. The van der Waals surface area contributed by atoms with Crippen LogP contribution in [0.1, 0.15) is 53.4 Å². The maximum atomic E-state index is 13.8. The molecule has 272 valence electrons. The number of aromatic amines is 1. The molecule has 5 heterocycles. The highest BCUT2D eigenvalue weighted by Crippen LogP contribution is 2.44. The number of fused-ring (bicyclic) bond motifs is 1. The molecule has 0 saturated carbocycles. The molecule has 3 N–H and O–H groups in total. The largest absolute Gasteiger partial charge is 0.462 e. The lowest BCUT2D eigenvalue weighted by molar-refractivity contribution is -0.140. The van der Waals surface area contributed by atoms with Crippen molar-refractivity contribution < 1.29 is 32.2 Å². The number of esters is 1. The van der Waals surface area contributed by atoms with Gasteiger partial charge in [0.1, 0.15) is 16.4 Å². The standard InChI is InChI=1S/C35H40F3N7O5S/c1-3-39-34(48)43-29-16-23(32-42-28(20-51-32)35(36,37)38)25(17-41-29)30(22-7-8-45(19-22)10-9-44-11-13-49-14-12-44)21-5-6-27-24(15-21)31(46)26(18-40-27)33(47)50-4-2/h5-6,15-18,20,22,30H,3-4,7-14,19H2,1-2H3,(H,40,46)(H2,39,41,43,48). The molecule has 3 aromatic heterocycles. The summed E-state index contributed by atoms with van der Waals surface area (Å²) in [6, 6.07) is 6.44. The fraction of sp³-hybridized carbons (Fsp3) is 0.457. The van der Waals surface area contributed by atoms with Gasteiger partial charge in [-0.15, -0.1) is 11.3 Å². The summed E-state index contributed by atoms with van der Waals surface area (Å²) in [5, 5.41) is 6.67. The second kappa shape index (κ2) is 15.9. The summed E-state index contributed by atoms with van der Waals surface area (Å²) >= 11 is 0.856. The third-order valence-corrected chi connectivity index (χ3v) is 10.1. The highest BCUT2D eigenvalue weighted by atomic mass is 32.1. The fourth-order valence-corrected chi connectivity index (χ4v) is 7.62. The monoisotopic (exact) mass is 727 g/mol. The van der Waals surface area contributed by atoms with Crippen LogP contribution >= 0.6 is 11.3 Å². The Morgan fingerprint density at radius 3 is 2.65 bits per heavy atom. The molecule has 2 aliphatic heterocycles. The van der Waals surface area contributed by atoms with Crippen molar-refractivity contribution in [3.8, 4) is 10.6 Å². The molecule has 0 bridgehead atoms. The summed E-state index contributed by atoms with van der Waals surface area (Å²) in [4.78, 5) is 55.0. The van der Waals surface area contributed by atoms with Gasteiger partial charge in [-0.2, -0.15) is 13.2 Å². The van der Waals surface area contributed by atoms with E-state index in [0.29, 0.717) is 42.9 Å². The van der Waals surface area contributed by atoms with E-state index in [0.717, 1.165) is 61.4 Å². The SMILES string of the molecule is CCNC(=O)Nc1cc(-c2nc(C(F)(F)F)cs2)c(C(c2ccc3[nH]cc(C(=O)OCC)c(=O)c3c2)C2CCN(CCN3CCOCC3)C2)cn1. The van der Waals surface area contributed by atoms with Gasteiger partial charge in [-0.3, -0.25) is 15.0 Å². The predicted octanol–water partition coefficient (Wildman–Crippen LogP) is 5.17. The van der Waals surface area contributed by atoms with Crippen LogP contribution in [0.5, 0.6) is 0 Å². The molecule has 2 amide bonds. The van der Waals surface area contributed by atoms with E-state index in [1.807, 2.05) is 6.07 Å². The number of morpholine rings is 1. The molecule has 12 nitrogen and oxygen atoms in total. The first-order chi connectivity index (χ1) is 24.5. The number of hydrogen-bond donors (Lipinski definition) is 3. The van der Waals surface area contributed by atoms with Gasteiger partial charge >= 0.3 is 18.2 Å². The van der Waals surface area contributed by atoms with Crippen molar-refractivity contribution in [1.29, 1.82) is 0 Å². The molecule has 0 radical (unpaired) electrons. The fourth-order valence-electron chi connectivity index (χ4n) is 6.76. The number of carbonyl (C=O) groups excluding carboxylic acids is 2. The number of hydrogen-bond acceptors (Lipinski definition) is 10. The van der Waals surface area contributed by atoms with Crippen molar-refractivity contribution in [2.75, 3.05) is 71.0 Å². The maximum Gasteiger partial charge on any atom is 0.434 e. The molecule has 6 rings (SSSR count). The van der Waals surface area contributed by atoms with E-state index in [1.165, 1.54) is 6.20 Å². The van der Waals surface area contributed by atoms with Gasteiger partial charge in [0.25, 0.3) is 0 Å². The highest BCUT2D eigenvalue weighted by molar-refractivity contribution is 7.13. The zero-order chi connectivity index (χ0) is 36.1. The first kappa shape index (κ1) is 36.4. The zero-order valence-corrected chi connectivity index (χ0v) is 29.2. The number of halogens is 3. The number of anilines is 1.